The lowest BCUT2D eigenvalue weighted by Gasteiger charge is -2.36. The van der Waals surface area contributed by atoms with Crippen LogP contribution in [0.3, 0.4) is 0 Å². The van der Waals surface area contributed by atoms with Gasteiger partial charge in [0.15, 0.2) is 17.2 Å². The number of benzene rings is 2. The lowest BCUT2D eigenvalue weighted by molar-refractivity contribution is -0.00839. The van der Waals surface area contributed by atoms with E-state index in [0.717, 1.165) is 43.4 Å². The van der Waals surface area contributed by atoms with Gasteiger partial charge >= 0.3 is 0 Å². The number of likely N-dealkylation sites (tertiary alicyclic amines) is 1. The molecule has 0 saturated carbocycles. The Balaban J connectivity index is 1.29. The van der Waals surface area contributed by atoms with Crippen LogP contribution in [0, 0.1) is 5.82 Å². The van der Waals surface area contributed by atoms with Gasteiger partial charge < -0.3 is 13.7 Å². The highest BCUT2D eigenvalue weighted by Crippen LogP contribution is 2.34. The van der Waals surface area contributed by atoms with Crippen LogP contribution in [-0.4, -0.2) is 29.4 Å². The van der Waals surface area contributed by atoms with E-state index in [-0.39, 0.29) is 29.3 Å². The van der Waals surface area contributed by atoms with Crippen molar-refractivity contribution < 1.29 is 18.1 Å². The van der Waals surface area contributed by atoms with Crippen LogP contribution in [0.1, 0.15) is 37.8 Å². The van der Waals surface area contributed by atoms with Gasteiger partial charge in [-0.1, -0.05) is 24.2 Å². The minimum absolute atomic E-state index is 0.111. The normalized spacial score (nSPS) is 16.7. The molecule has 1 aliphatic heterocycles. The molecule has 0 spiro atoms. The van der Waals surface area contributed by atoms with Gasteiger partial charge in [0.1, 0.15) is 11.4 Å². The van der Waals surface area contributed by atoms with Crippen molar-refractivity contribution in [3.05, 3.63) is 70.3 Å². The first-order valence-electron chi connectivity index (χ1n) is 10.6. The van der Waals surface area contributed by atoms with Crippen molar-refractivity contribution in [2.75, 3.05) is 13.1 Å². The quantitative estimate of drug-likeness (QED) is 0.447. The Morgan fingerprint density at radius 3 is 2.74 bits per heavy atom. The van der Waals surface area contributed by atoms with E-state index >= 15 is 0 Å². The number of rotatable bonds is 5. The van der Waals surface area contributed by atoms with Crippen LogP contribution >= 0.6 is 0 Å². The number of hydrogen-bond acceptors (Lipinski definition) is 6. The van der Waals surface area contributed by atoms with E-state index in [1.165, 1.54) is 18.2 Å². The molecule has 4 aromatic rings. The molecule has 6 nitrogen and oxygen atoms in total. The number of para-hydroxylation sites is 1. The van der Waals surface area contributed by atoms with Gasteiger partial charge in [0.05, 0.1) is 17.1 Å². The third-order valence-electron chi connectivity index (χ3n) is 6.00. The summed E-state index contributed by atoms with van der Waals surface area (Å²) in [5, 5.41) is 5.64. The zero-order valence-corrected chi connectivity index (χ0v) is 17.2. The molecule has 160 valence electrons. The second-order valence-corrected chi connectivity index (χ2v) is 7.93. The second-order valence-electron chi connectivity index (χ2n) is 7.93. The van der Waals surface area contributed by atoms with E-state index < -0.39 is 0 Å². The van der Waals surface area contributed by atoms with E-state index in [9.17, 15) is 9.18 Å². The summed E-state index contributed by atoms with van der Waals surface area (Å²) in [5.41, 5.74) is 1.79. The maximum atomic E-state index is 13.4. The fourth-order valence-corrected chi connectivity index (χ4v) is 4.38. The Labute approximate surface area is 178 Å². The van der Waals surface area contributed by atoms with Crippen LogP contribution in [-0.2, 0) is 0 Å². The largest absolute Gasteiger partial charge is 0.446 e. The van der Waals surface area contributed by atoms with Crippen molar-refractivity contribution in [1.29, 1.82) is 0 Å². The summed E-state index contributed by atoms with van der Waals surface area (Å²) in [6, 6.07) is 13.1. The van der Waals surface area contributed by atoms with Crippen molar-refractivity contribution in [3.63, 3.8) is 0 Å². The third kappa shape index (κ3) is 3.81. The van der Waals surface area contributed by atoms with Crippen LogP contribution in [0.5, 0.6) is 5.95 Å². The fraction of sp³-hybridized carbons (Fsp3) is 0.333. The van der Waals surface area contributed by atoms with Crippen molar-refractivity contribution in [1.82, 2.24) is 10.1 Å². The summed E-state index contributed by atoms with van der Waals surface area (Å²) in [6.45, 7) is 3.68. The van der Waals surface area contributed by atoms with Crippen LogP contribution in [0.15, 0.2) is 62.3 Å². The predicted molar refractivity (Wildman–Crippen MR) is 115 cm³/mol. The number of fused-ring (bicyclic) bond motifs is 2. The van der Waals surface area contributed by atoms with Crippen LogP contribution in [0.4, 0.5) is 4.39 Å². The minimum Gasteiger partial charge on any atom is -0.446 e. The Bertz CT molecular complexity index is 1270. The van der Waals surface area contributed by atoms with Gasteiger partial charge in [0.25, 0.3) is 5.95 Å². The first-order valence-corrected chi connectivity index (χ1v) is 10.6. The molecule has 7 heteroatoms. The van der Waals surface area contributed by atoms with Gasteiger partial charge in [-0.05, 0) is 43.5 Å². The van der Waals surface area contributed by atoms with E-state index in [2.05, 4.69) is 17.0 Å². The molecule has 1 fully saturated rings. The van der Waals surface area contributed by atoms with Crippen molar-refractivity contribution >= 4 is 21.9 Å². The lowest BCUT2D eigenvalue weighted by Crippen LogP contribution is -2.44. The first-order chi connectivity index (χ1) is 15.1. The summed E-state index contributed by atoms with van der Waals surface area (Å²) in [5.74, 6) is 0.162. The number of halogens is 1. The molecule has 3 heterocycles. The number of nitrogens with zero attached hydrogens (tertiary/aromatic N) is 2. The zero-order valence-electron chi connectivity index (χ0n) is 17.2. The van der Waals surface area contributed by atoms with E-state index in [1.807, 2.05) is 12.1 Å². The minimum atomic E-state index is -0.326. The molecule has 0 aliphatic carbocycles. The van der Waals surface area contributed by atoms with Gasteiger partial charge in [0, 0.05) is 30.5 Å². The van der Waals surface area contributed by atoms with E-state index in [1.54, 1.807) is 18.2 Å². The average molecular weight is 422 g/mol. The summed E-state index contributed by atoms with van der Waals surface area (Å²) in [6.07, 6.45) is 2.35. The number of piperidine rings is 1. The molecule has 5 rings (SSSR count). The zero-order chi connectivity index (χ0) is 21.4. The van der Waals surface area contributed by atoms with Crippen molar-refractivity contribution in [3.8, 4) is 5.95 Å². The highest BCUT2D eigenvalue weighted by Gasteiger charge is 2.29. The Kier molecular flexibility index (Phi) is 5.19. The molecule has 31 heavy (non-hydrogen) atoms. The second kappa shape index (κ2) is 8.15. The highest BCUT2D eigenvalue weighted by atomic mass is 19.1. The number of ether oxygens (including phenoxy) is 1. The maximum Gasteiger partial charge on any atom is 0.290 e. The molecule has 1 saturated heterocycles. The summed E-state index contributed by atoms with van der Waals surface area (Å²) >= 11 is 0. The molecule has 1 aliphatic rings. The van der Waals surface area contributed by atoms with Gasteiger partial charge in [-0.3, -0.25) is 9.69 Å². The van der Waals surface area contributed by atoms with Gasteiger partial charge in [0.2, 0.25) is 0 Å². The molecule has 0 bridgehead atoms. The van der Waals surface area contributed by atoms with Gasteiger partial charge in [-0.25, -0.2) is 4.39 Å². The summed E-state index contributed by atoms with van der Waals surface area (Å²) in [4.78, 5) is 14.6. The molecule has 0 N–H and O–H groups in total. The van der Waals surface area contributed by atoms with Crippen LogP contribution < -0.4 is 10.2 Å². The number of aromatic nitrogens is 1. The fourth-order valence-electron chi connectivity index (χ4n) is 4.38. The smallest absolute Gasteiger partial charge is 0.290 e. The van der Waals surface area contributed by atoms with Gasteiger partial charge in [-0.2, -0.15) is 0 Å². The standard InChI is InChI=1S/C24H23FN2O4/c1-2-22(30-23-14-19(28)17-5-3-4-6-20(17)29-23)27-11-9-15(10-12-27)24-18-8-7-16(25)13-21(18)31-26-24/h3-8,13-15,22H,2,9-12H2,1H3. The summed E-state index contributed by atoms with van der Waals surface area (Å²) in [7, 11) is 0. The molecule has 2 aromatic heterocycles. The van der Waals surface area contributed by atoms with E-state index in [4.69, 9.17) is 13.7 Å². The molecule has 1 unspecified atom stereocenters. The Morgan fingerprint density at radius 1 is 1.13 bits per heavy atom. The maximum absolute atomic E-state index is 13.4. The van der Waals surface area contributed by atoms with Crippen molar-refractivity contribution in [2.45, 2.75) is 38.3 Å². The molecule has 1 atom stereocenters. The molecule has 2 aromatic carbocycles. The molecule has 0 amide bonds. The van der Waals surface area contributed by atoms with E-state index in [0.29, 0.717) is 16.6 Å². The molecular weight excluding hydrogens is 399 g/mol. The summed E-state index contributed by atoms with van der Waals surface area (Å²) < 4.78 is 30.6. The third-order valence-corrected chi connectivity index (χ3v) is 6.00. The first kappa shape index (κ1) is 19.8. The Hall–Kier alpha value is -3.19. The SMILES string of the molecule is CCC(Oc1cc(=O)c2ccccc2o1)N1CCC(c2noc3cc(F)ccc23)CC1. The Morgan fingerprint density at radius 2 is 1.94 bits per heavy atom. The molecule has 0 radical (unpaired) electrons. The predicted octanol–water partition coefficient (Wildman–Crippen LogP) is 5.07. The van der Waals surface area contributed by atoms with Crippen LogP contribution in [0.2, 0.25) is 0 Å². The average Bonchev–Trinajstić information content (AvgIpc) is 3.20. The van der Waals surface area contributed by atoms with Crippen molar-refractivity contribution in [2.24, 2.45) is 0 Å². The lowest BCUT2D eigenvalue weighted by atomic mass is 9.91. The topological polar surface area (TPSA) is 68.7 Å². The highest BCUT2D eigenvalue weighted by molar-refractivity contribution is 5.80. The van der Waals surface area contributed by atoms with Crippen LogP contribution in [0.25, 0.3) is 21.9 Å². The van der Waals surface area contributed by atoms with Gasteiger partial charge in [-0.15, -0.1) is 0 Å². The number of hydrogen-bond donors (Lipinski definition) is 0. The monoisotopic (exact) mass is 422 g/mol. The molecular formula is C24H23FN2O4.